The van der Waals surface area contributed by atoms with Gasteiger partial charge in [0, 0.05) is 0 Å². The Morgan fingerprint density at radius 1 is 1.67 bits per heavy atom. The van der Waals surface area contributed by atoms with Crippen LogP contribution in [0.4, 0.5) is 0 Å². The molecule has 0 aliphatic carbocycles. The second-order valence-corrected chi connectivity index (χ2v) is 1.77. The fourth-order valence-electron chi connectivity index (χ4n) is 0.469. The lowest BCUT2D eigenvalue weighted by molar-refractivity contribution is -0.143. The highest BCUT2D eigenvalue weighted by molar-refractivity contribution is 6.24. The van der Waals surface area contributed by atoms with E-state index in [9.17, 15) is 9.59 Å². The molecule has 0 aromatic heterocycles. The van der Waals surface area contributed by atoms with Crippen LogP contribution < -0.4 is 5.32 Å². The van der Waals surface area contributed by atoms with Crippen LogP contribution >= 0.6 is 0 Å². The van der Waals surface area contributed by atoms with E-state index < -0.39 is 11.9 Å². The zero-order valence-corrected chi connectivity index (χ0v) is 6.61. The van der Waals surface area contributed by atoms with E-state index in [2.05, 4.69) is 14.8 Å². The van der Waals surface area contributed by atoms with Crippen LogP contribution in [0.25, 0.3) is 5.53 Å². The van der Waals surface area contributed by atoms with Gasteiger partial charge in [-0.3, -0.25) is 9.59 Å². The molecule has 6 heteroatoms. The minimum atomic E-state index is -0.648. The Bertz CT molecular complexity index is 220. The highest BCUT2D eigenvalue weighted by Gasteiger charge is 2.05. The molecule has 0 saturated heterocycles. The molecule has 1 N–H and O–H groups in total. The molecular weight excluding hydrogens is 162 g/mol. The van der Waals surface area contributed by atoms with Gasteiger partial charge in [0.25, 0.3) is 0 Å². The molecule has 0 radical (unpaired) electrons. The monoisotopic (exact) mass is 171 g/mol. The summed E-state index contributed by atoms with van der Waals surface area (Å²) in [7, 11) is 0. The van der Waals surface area contributed by atoms with Crippen LogP contribution in [-0.2, 0) is 14.3 Å². The second-order valence-electron chi connectivity index (χ2n) is 1.77. The zero-order chi connectivity index (χ0) is 9.40. The number of rotatable bonds is 4. The number of carbonyl (C=O) groups excluding carboxylic acids is 2. The largest absolute Gasteiger partial charge is 0.465 e. The third-order valence-corrected chi connectivity index (χ3v) is 0.887. The van der Waals surface area contributed by atoms with Crippen molar-refractivity contribution in [1.82, 2.24) is 5.32 Å². The number of hydrogen-bond acceptors (Lipinski definition) is 3. The van der Waals surface area contributed by atoms with Crippen molar-refractivity contribution in [2.24, 2.45) is 0 Å². The van der Waals surface area contributed by atoms with Gasteiger partial charge in [-0.05, 0) is 6.92 Å². The first-order valence-corrected chi connectivity index (χ1v) is 3.31. The fraction of sp³-hybridized carbons (Fsp3) is 0.500. The third kappa shape index (κ3) is 5.13. The van der Waals surface area contributed by atoms with Gasteiger partial charge in [-0.1, -0.05) is 0 Å². The summed E-state index contributed by atoms with van der Waals surface area (Å²) < 4.78 is 4.51. The van der Waals surface area contributed by atoms with Gasteiger partial charge in [0.2, 0.25) is 0 Å². The number of hydrogen-bond donors (Lipinski definition) is 1. The van der Waals surface area contributed by atoms with E-state index in [1.54, 1.807) is 6.92 Å². The van der Waals surface area contributed by atoms with E-state index >= 15 is 0 Å². The van der Waals surface area contributed by atoms with E-state index in [0.717, 1.165) is 0 Å². The smallest absolute Gasteiger partial charge is 0.344 e. The summed E-state index contributed by atoms with van der Waals surface area (Å²) in [6.07, 6.45) is 0.652. The molecule has 0 aromatic rings. The van der Waals surface area contributed by atoms with E-state index in [0.29, 0.717) is 6.21 Å². The van der Waals surface area contributed by atoms with Crippen molar-refractivity contribution in [3.05, 3.63) is 5.53 Å². The first-order valence-electron chi connectivity index (χ1n) is 3.31. The summed E-state index contributed by atoms with van der Waals surface area (Å²) in [5.74, 6) is -1.18. The first-order chi connectivity index (χ1) is 5.70. The van der Waals surface area contributed by atoms with Crippen LogP contribution in [0, 0.1) is 0 Å². The molecule has 0 fully saturated rings. The molecule has 0 saturated carbocycles. The van der Waals surface area contributed by atoms with Gasteiger partial charge in [0.05, 0.1) is 6.61 Å². The lowest BCUT2D eigenvalue weighted by atomic mass is 10.6. The number of amides is 1. The molecule has 0 bridgehead atoms. The van der Waals surface area contributed by atoms with Crippen LogP contribution in [0.1, 0.15) is 6.92 Å². The van der Waals surface area contributed by atoms with Gasteiger partial charge < -0.3 is 15.6 Å². The summed E-state index contributed by atoms with van der Waals surface area (Å²) in [6.45, 7) is 1.70. The Labute approximate surface area is 69.1 Å². The quantitative estimate of drug-likeness (QED) is 0.253. The molecule has 1 amide bonds. The van der Waals surface area contributed by atoms with Gasteiger partial charge in [0.15, 0.2) is 0 Å². The van der Waals surface area contributed by atoms with Gasteiger partial charge in [-0.25, -0.2) is 0 Å². The Hall–Kier alpha value is -1.68. The van der Waals surface area contributed by atoms with Gasteiger partial charge in [0.1, 0.15) is 6.54 Å². The Balaban J connectivity index is 3.61. The summed E-state index contributed by atoms with van der Waals surface area (Å²) >= 11 is 0. The standard InChI is InChI=1S/C6H9N3O3/c1-2-12-6(11)4-8-5(10)3-9-7/h3H,2,4H2,1H3,(H,8,10). The third-order valence-electron chi connectivity index (χ3n) is 0.887. The molecule has 12 heavy (non-hydrogen) atoms. The molecule has 0 rings (SSSR count). The van der Waals surface area contributed by atoms with Crippen LogP contribution in [0.2, 0.25) is 0 Å². The summed E-state index contributed by atoms with van der Waals surface area (Å²) in [6, 6.07) is 0. The molecule has 0 aliphatic rings. The predicted molar refractivity (Wildman–Crippen MR) is 39.3 cm³/mol. The Morgan fingerprint density at radius 2 is 2.33 bits per heavy atom. The van der Waals surface area contributed by atoms with Crippen molar-refractivity contribution < 1.29 is 19.1 Å². The number of carbonyl (C=O) groups is 2. The average molecular weight is 171 g/mol. The van der Waals surface area contributed by atoms with E-state index in [1.165, 1.54) is 0 Å². The SMILES string of the molecule is CCOC(=O)CNC(=O)C=[N+]=[N-]. The van der Waals surface area contributed by atoms with Crippen molar-refractivity contribution in [2.75, 3.05) is 13.2 Å². The molecule has 66 valence electrons. The molecule has 0 unspecified atom stereocenters. The van der Waals surface area contributed by atoms with Crippen molar-refractivity contribution in [3.8, 4) is 0 Å². The van der Waals surface area contributed by atoms with Gasteiger partial charge in [-0.2, -0.15) is 4.79 Å². The van der Waals surface area contributed by atoms with E-state index in [1.807, 2.05) is 0 Å². The van der Waals surface area contributed by atoms with Gasteiger partial charge >= 0.3 is 18.1 Å². The molecule has 0 aliphatic heterocycles. The van der Waals surface area contributed by atoms with Crippen molar-refractivity contribution >= 4 is 18.1 Å². The molecule has 0 heterocycles. The Morgan fingerprint density at radius 3 is 2.83 bits per heavy atom. The maximum absolute atomic E-state index is 10.6. The summed E-state index contributed by atoms with van der Waals surface area (Å²) in [5, 5.41) is 2.15. The van der Waals surface area contributed by atoms with Crippen LogP contribution in [-0.4, -0.2) is 36.0 Å². The summed E-state index contributed by atoms with van der Waals surface area (Å²) in [5.41, 5.74) is 7.90. The van der Waals surface area contributed by atoms with E-state index in [4.69, 9.17) is 5.53 Å². The van der Waals surface area contributed by atoms with Crippen molar-refractivity contribution in [2.45, 2.75) is 6.92 Å². The molecule has 6 nitrogen and oxygen atoms in total. The van der Waals surface area contributed by atoms with Crippen LogP contribution in [0.3, 0.4) is 0 Å². The summed E-state index contributed by atoms with van der Waals surface area (Å²) in [4.78, 5) is 23.6. The van der Waals surface area contributed by atoms with E-state index in [-0.39, 0.29) is 13.2 Å². The number of ether oxygens (including phenoxy) is 1. The maximum atomic E-state index is 10.6. The zero-order valence-electron chi connectivity index (χ0n) is 6.61. The topological polar surface area (TPSA) is 91.8 Å². The molecule has 0 spiro atoms. The van der Waals surface area contributed by atoms with Crippen molar-refractivity contribution in [3.63, 3.8) is 0 Å². The molecular formula is C6H9N3O3. The fourth-order valence-corrected chi connectivity index (χ4v) is 0.469. The number of nitrogens with zero attached hydrogens (tertiary/aromatic N) is 2. The van der Waals surface area contributed by atoms with Gasteiger partial charge in [-0.15, -0.1) is 0 Å². The highest BCUT2D eigenvalue weighted by Crippen LogP contribution is 1.73. The van der Waals surface area contributed by atoms with Crippen LogP contribution in [0.5, 0.6) is 0 Å². The highest BCUT2D eigenvalue weighted by atomic mass is 16.5. The molecule has 0 aromatic carbocycles. The lowest BCUT2D eigenvalue weighted by Crippen LogP contribution is -2.31. The normalized spacial score (nSPS) is 8.08. The van der Waals surface area contributed by atoms with Crippen molar-refractivity contribution in [1.29, 1.82) is 0 Å². The maximum Gasteiger partial charge on any atom is 0.344 e. The predicted octanol–water partition coefficient (Wildman–Crippen LogP) is -1.03. The molecule has 0 atom stereocenters. The lowest BCUT2D eigenvalue weighted by Gasteiger charge is -1.99. The number of esters is 1. The Kier molecular flexibility index (Phi) is 5.21. The minimum absolute atomic E-state index is 0.224. The minimum Gasteiger partial charge on any atom is -0.465 e. The average Bonchev–Trinajstić information content (AvgIpc) is 2.02. The van der Waals surface area contributed by atoms with Crippen LogP contribution in [0.15, 0.2) is 0 Å². The second kappa shape index (κ2) is 6.06. The first kappa shape index (κ1) is 10.3. The number of nitrogens with one attached hydrogen (secondary N) is 1.